The first-order valence-electron chi connectivity index (χ1n) is 7.48. The van der Waals surface area contributed by atoms with Gasteiger partial charge in [0, 0.05) is 6.04 Å². The van der Waals surface area contributed by atoms with E-state index < -0.39 is 0 Å². The minimum atomic E-state index is 0. The van der Waals surface area contributed by atoms with Gasteiger partial charge in [0.05, 0.1) is 11.6 Å². The molecule has 1 aliphatic heterocycles. The Balaban J connectivity index is 0.00000192. The van der Waals surface area contributed by atoms with Crippen molar-refractivity contribution in [1.29, 1.82) is 5.26 Å². The van der Waals surface area contributed by atoms with Gasteiger partial charge in [-0.1, -0.05) is 0 Å². The van der Waals surface area contributed by atoms with Crippen molar-refractivity contribution in [2.75, 3.05) is 13.2 Å². The number of nitrogens with zero attached hydrogens (tertiary/aromatic N) is 1. The zero-order valence-electron chi connectivity index (χ0n) is 12.7. The van der Waals surface area contributed by atoms with E-state index in [4.69, 9.17) is 14.7 Å². The second-order valence-corrected chi connectivity index (χ2v) is 5.31. The van der Waals surface area contributed by atoms with Crippen LogP contribution in [-0.4, -0.2) is 19.2 Å². The average molecular weight is 331 g/mol. The maximum absolute atomic E-state index is 8.77. The van der Waals surface area contributed by atoms with Gasteiger partial charge in [0.2, 0.25) is 0 Å². The maximum atomic E-state index is 8.77. The first-order valence-corrected chi connectivity index (χ1v) is 7.48. The fourth-order valence-corrected chi connectivity index (χ4v) is 2.43. The Morgan fingerprint density at radius 1 is 1.00 bits per heavy atom. The van der Waals surface area contributed by atoms with E-state index in [1.165, 1.54) is 12.8 Å². The molecule has 1 aliphatic rings. The fourth-order valence-electron chi connectivity index (χ4n) is 2.43. The third kappa shape index (κ3) is 4.88. The van der Waals surface area contributed by atoms with Crippen LogP contribution >= 0.6 is 12.4 Å². The highest BCUT2D eigenvalue weighted by atomic mass is 35.5. The van der Waals surface area contributed by atoms with Crippen LogP contribution in [0.15, 0.2) is 48.5 Å². The molecule has 0 saturated carbocycles. The highest BCUT2D eigenvalue weighted by molar-refractivity contribution is 5.85. The van der Waals surface area contributed by atoms with E-state index in [1.54, 1.807) is 24.3 Å². The number of benzene rings is 2. The molecule has 0 bridgehead atoms. The maximum Gasteiger partial charge on any atom is 0.127 e. The molecule has 2 aromatic rings. The molecule has 4 nitrogen and oxygen atoms in total. The summed E-state index contributed by atoms with van der Waals surface area (Å²) in [7, 11) is 0. The number of hydrogen-bond acceptors (Lipinski definition) is 4. The van der Waals surface area contributed by atoms with Crippen LogP contribution in [-0.2, 0) is 0 Å². The van der Waals surface area contributed by atoms with Crippen molar-refractivity contribution in [3.05, 3.63) is 54.1 Å². The molecule has 2 aromatic carbocycles. The van der Waals surface area contributed by atoms with E-state index in [0.717, 1.165) is 18.0 Å². The van der Waals surface area contributed by atoms with Crippen LogP contribution in [0.4, 0.5) is 0 Å². The standard InChI is InChI=1S/C18H18N2O2.ClH/c19-12-14-3-5-17(6-4-14)22-18-9-7-16(8-10-18)21-13-15-2-1-11-20-15;/h3-10,15,20H,1-2,11,13H2;1H. The van der Waals surface area contributed by atoms with E-state index >= 15 is 0 Å². The molecular formula is C18H19ClN2O2. The molecular weight excluding hydrogens is 312 g/mol. The van der Waals surface area contributed by atoms with Crippen molar-refractivity contribution in [2.24, 2.45) is 0 Å². The molecule has 0 spiro atoms. The van der Waals surface area contributed by atoms with Gasteiger partial charge in [-0.15, -0.1) is 12.4 Å². The highest BCUT2D eigenvalue weighted by Crippen LogP contribution is 2.24. The summed E-state index contributed by atoms with van der Waals surface area (Å²) in [4.78, 5) is 0. The lowest BCUT2D eigenvalue weighted by Gasteiger charge is -2.12. The van der Waals surface area contributed by atoms with Gasteiger partial charge in [-0.25, -0.2) is 0 Å². The molecule has 0 amide bonds. The first kappa shape index (κ1) is 17.1. The molecule has 23 heavy (non-hydrogen) atoms. The van der Waals surface area contributed by atoms with Gasteiger partial charge < -0.3 is 14.8 Å². The van der Waals surface area contributed by atoms with Crippen molar-refractivity contribution in [2.45, 2.75) is 18.9 Å². The quantitative estimate of drug-likeness (QED) is 0.903. The minimum absolute atomic E-state index is 0. The summed E-state index contributed by atoms with van der Waals surface area (Å²) in [6.07, 6.45) is 2.41. The first-order chi connectivity index (χ1) is 10.8. The van der Waals surface area contributed by atoms with Crippen molar-refractivity contribution in [1.82, 2.24) is 5.32 Å². The summed E-state index contributed by atoms with van der Waals surface area (Å²) >= 11 is 0. The average Bonchev–Trinajstić information content (AvgIpc) is 3.08. The molecule has 0 aliphatic carbocycles. The molecule has 3 rings (SSSR count). The van der Waals surface area contributed by atoms with E-state index in [0.29, 0.717) is 24.0 Å². The zero-order valence-corrected chi connectivity index (χ0v) is 13.5. The fraction of sp³-hybridized carbons (Fsp3) is 0.278. The monoisotopic (exact) mass is 330 g/mol. The summed E-state index contributed by atoms with van der Waals surface area (Å²) in [6.45, 7) is 1.79. The Bertz CT molecular complexity index is 644. The van der Waals surface area contributed by atoms with Gasteiger partial charge in [-0.2, -0.15) is 5.26 Å². The summed E-state index contributed by atoms with van der Waals surface area (Å²) in [5, 5.41) is 12.2. The lowest BCUT2D eigenvalue weighted by molar-refractivity contribution is 0.277. The Morgan fingerprint density at radius 2 is 1.61 bits per heavy atom. The predicted octanol–water partition coefficient (Wildman–Crippen LogP) is 3.90. The van der Waals surface area contributed by atoms with Crippen molar-refractivity contribution in [3.8, 4) is 23.3 Å². The predicted molar refractivity (Wildman–Crippen MR) is 91.4 cm³/mol. The van der Waals surface area contributed by atoms with E-state index in [1.807, 2.05) is 24.3 Å². The SMILES string of the molecule is Cl.N#Cc1ccc(Oc2ccc(OCC3CCCN3)cc2)cc1. The summed E-state index contributed by atoms with van der Waals surface area (Å²) < 4.78 is 11.5. The van der Waals surface area contributed by atoms with E-state index in [9.17, 15) is 0 Å². The number of rotatable bonds is 5. The van der Waals surface area contributed by atoms with Crippen molar-refractivity contribution >= 4 is 12.4 Å². The minimum Gasteiger partial charge on any atom is -0.492 e. The second kappa shape index (κ2) is 8.42. The Labute approximate surface area is 142 Å². The molecule has 0 aromatic heterocycles. The van der Waals surface area contributed by atoms with E-state index in [2.05, 4.69) is 11.4 Å². The van der Waals surface area contributed by atoms with Gasteiger partial charge in [0.25, 0.3) is 0 Å². The normalized spacial score (nSPS) is 16.2. The Kier molecular flexibility index (Phi) is 6.28. The molecule has 0 radical (unpaired) electrons. The lowest BCUT2D eigenvalue weighted by atomic mass is 10.2. The van der Waals surface area contributed by atoms with Gasteiger partial charge in [0.15, 0.2) is 0 Å². The van der Waals surface area contributed by atoms with Crippen molar-refractivity contribution < 1.29 is 9.47 Å². The van der Waals surface area contributed by atoms with Crippen LogP contribution in [0.1, 0.15) is 18.4 Å². The molecule has 1 saturated heterocycles. The molecule has 1 heterocycles. The third-order valence-corrected chi connectivity index (χ3v) is 3.66. The van der Waals surface area contributed by atoms with Crippen LogP contribution in [0.25, 0.3) is 0 Å². The van der Waals surface area contributed by atoms with Gasteiger partial charge in [0.1, 0.15) is 23.9 Å². The Hall–Kier alpha value is -2.22. The molecule has 1 N–H and O–H groups in total. The second-order valence-electron chi connectivity index (χ2n) is 5.31. The number of ether oxygens (including phenoxy) is 2. The molecule has 5 heteroatoms. The number of halogens is 1. The number of nitriles is 1. The van der Waals surface area contributed by atoms with Crippen LogP contribution in [0, 0.1) is 11.3 Å². The lowest BCUT2D eigenvalue weighted by Crippen LogP contribution is -2.28. The van der Waals surface area contributed by atoms with Gasteiger partial charge >= 0.3 is 0 Å². The summed E-state index contributed by atoms with van der Waals surface area (Å²) in [5.74, 6) is 2.31. The van der Waals surface area contributed by atoms with Crippen LogP contribution in [0.3, 0.4) is 0 Å². The smallest absolute Gasteiger partial charge is 0.127 e. The van der Waals surface area contributed by atoms with Gasteiger partial charge in [-0.05, 0) is 67.9 Å². The van der Waals surface area contributed by atoms with Gasteiger partial charge in [-0.3, -0.25) is 0 Å². The summed E-state index contributed by atoms with van der Waals surface area (Å²) in [5.41, 5.74) is 0.622. The van der Waals surface area contributed by atoms with Crippen molar-refractivity contribution in [3.63, 3.8) is 0 Å². The largest absolute Gasteiger partial charge is 0.492 e. The Morgan fingerprint density at radius 3 is 2.17 bits per heavy atom. The molecule has 1 atom stereocenters. The topological polar surface area (TPSA) is 54.3 Å². The highest BCUT2D eigenvalue weighted by Gasteiger charge is 2.14. The molecule has 1 unspecified atom stereocenters. The zero-order chi connectivity index (χ0) is 15.2. The van der Waals surface area contributed by atoms with Crippen LogP contribution in [0.2, 0.25) is 0 Å². The van der Waals surface area contributed by atoms with Crippen LogP contribution in [0.5, 0.6) is 17.2 Å². The molecule has 120 valence electrons. The summed E-state index contributed by atoms with van der Waals surface area (Å²) in [6, 6.07) is 17.2. The van der Waals surface area contributed by atoms with Crippen LogP contribution < -0.4 is 14.8 Å². The molecule has 1 fully saturated rings. The number of nitrogens with one attached hydrogen (secondary N) is 1. The number of hydrogen-bond donors (Lipinski definition) is 1. The van der Waals surface area contributed by atoms with E-state index in [-0.39, 0.29) is 12.4 Å². The third-order valence-electron chi connectivity index (χ3n) is 3.66.